The number of carbonyl (C=O) groups excluding carboxylic acids is 1. The molecule has 7 heteroatoms. The summed E-state index contributed by atoms with van der Waals surface area (Å²) in [5, 5.41) is 9.02. The van der Waals surface area contributed by atoms with E-state index in [-0.39, 0.29) is 12.1 Å². The smallest absolute Gasteiger partial charge is 0.416 e. The van der Waals surface area contributed by atoms with Crippen LogP contribution in [0.15, 0.2) is 24.3 Å². The van der Waals surface area contributed by atoms with Crippen molar-refractivity contribution >= 4 is 11.9 Å². The highest BCUT2D eigenvalue weighted by molar-refractivity contribution is 5.95. The lowest BCUT2D eigenvalue weighted by Gasteiger charge is -2.23. The second kappa shape index (κ2) is 5.38. The number of hydrogen-bond donors (Lipinski definition) is 1. The van der Waals surface area contributed by atoms with E-state index in [9.17, 15) is 22.8 Å². The first-order chi connectivity index (χ1) is 9.71. The van der Waals surface area contributed by atoms with Crippen LogP contribution in [-0.2, 0) is 11.0 Å². The standard InChI is InChI=1S/C14H14F3NO3/c1-8-11(13(20)21)6-7-18(8)12(19)9-2-4-10(5-3-9)14(15,16)17/h2-5,8,11H,6-7H2,1H3,(H,20,21). The average molecular weight is 301 g/mol. The van der Waals surface area contributed by atoms with Crippen molar-refractivity contribution in [2.24, 2.45) is 5.92 Å². The van der Waals surface area contributed by atoms with Gasteiger partial charge >= 0.3 is 12.1 Å². The zero-order chi connectivity index (χ0) is 15.8. The minimum absolute atomic E-state index is 0.126. The summed E-state index contributed by atoms with van der Waals surface area (Å²) in [6.07, 6.45) is -4.10. The number of carbonyl (C=O) groups is 2. The quantitative estimate of drug-likeness (QED) is 0.913. The first-order valence-corrected chi connectivity index (χ1v) is 6.43. The summed E-state index contributed by atoms with van der Waals surface area (Å²) >= 11 is 0. The molecule has 0 aliphatic carbocycles. The molecule has 1 N–H and O–H groups in total. The molecule has 1 aliphatic rings. The van der Waals surface area contributed by atoms with Crippen LogP contribution in [0.5, 0.6) is 0 Å². The Kier molecular flexibility index (Phi) is 3.93. The summed E-state index contributed by atoms with van der Waals surface area (Å²) in [5.41, 5.74) is -0.696. The number of hydrogen-bond acceptors (Lipinski definition) is 2. The van der Waals surface area contributed by atoms with Crippen LogP contribution in [0.2, 0.25) is 0 Å². The van der Waals surface area contributed by atoms with Crippen LogP contribution in [0.3, 0.4) is 0 Å². The Morgan fingerprint density at radius 3 is 2.24 bits per heavy atom. The summed E-state index contributed by atoms with van der Waals surface area (Å²) in [6, 6.07) is 3.46. The number of carboxylic acid groups (broad SMARTS) is 1. The number of halogens is 3. The van der Waals surface area contributed by atoms with Crippen LogP contribution in [0.1, 0.15) is 29.3 Å². The van der Waals surface area contributed by atoms with Gasteiger partial charge < -0.3 is 10.0 Å². The molecule has 2 atom stereocenters. The van der Waals surface area contributed by atoms with Crippen molar-refractivity contribution in [1.82, 2.24) is 4.90 Å². The topological polar surface area (TPSA) is 57.6 Å². The molecular weight excluding hydrogens is 287 g/mol. The summed E-state index contributed by atoms with van der Waals surface area (Å²) in [4.78, 5) is 24.6. The Hall–Kier alpha value is -2.05. The van der Waals surface area contributed by atoms with Crippen molar-refractivity contribution in [3.8, 4) is 0 Å². The zero-order valence-corrected chi connectivity index (χ0v) is 11.2. The lowest BCUT2D eigenvalue weighted by Crippen LogP contribution is -2.37. The molecule has 2 rings (SSSR count). The van der Waals surface area contributed by atoms with E-state index in [4.69, 9.17) is 5.11 Å². The maximum absolute atomic E-state index is 12.5. The first-order valence-electron chi connectivity index (χ1n) is 6.43. The van der Waals surface area contributed by atoms with Crippen molar-refractivity contribution < 1.29 is 27.9 Å². The highest BCUT2D eigenvalue weighted by Gasteiger charge is 2.38. The van der Waals surface area contributed by atoms with Gasteiger partial charge in [-0.2, -0.15) is 13.2 Å². The van der Waals surface area contributed by atoms with E-state index >= 15 is 0 Å². The Morgan fingerprint density at radius 1 is 1.24 bits per heavy atom. The lowest BCUT2D eigenvalue weighted by atomic mass is 10.0. The Labute approximate surface area is 119 Å². The molecule has 0 saturated carbocycles. The molecular formula is C14H14F3NO3. The van der Waals surface area contributed by atoms with Crippen LogP contribution in [-0.4, -0.2) is 34.5 Å². The van der Waals surface area contributed by atoms with E-state index in [1.165, 1.54) is 4.90 Å². The summed E-state index contributed by atoms with van der Waals surface area (Å²) in [5.74, 6) is -2.05. The summed E-state index contributed by atoms with van der Waals surface area (Å²) < 4.78 is 37.4. The number of alkyl halides is 3. The van der Waals surface area contributed by atoms with Crippen LogP contribution in [0, 0.1) is 5.92 Å². The second-order valence-electron chi connectivity index (χ2n) is 5.05. The number of likely N-dealkylation sites (tertiary alicyclic amines) is 1. The van der Waals surface area contributed by atoms with E-state index in [0.29, 0.717) is 6.42 Å². The molecule has 1 aliphatic heterocycles. The fourth-order valence-electron chi connectivity index (χ4n) is 2.52. The molecule has 21 heavy (non-hydrogen) atoms. The van der Waals surface area contributed by atoms with Gasteiger partial charge in [-0.15, -0.1) is 0 Å². The maximum Gasteiger partial charge on any atom is 0.416 e. The van der Waals surface area contributed by atoms with Crippen molar-refractivity contribution in [2.75, 3.05) is 6.54 Å². The van der Waals surface area contributed by atoms with Gasteiger partial charge in [0.15, 0.2) is 0 Å². The molecule has 114 valence electrons. The number of carboxylic acids is 1. The van der Waals surface area contributed by atoms with E-state index < -0.39 is 35.6 Å². The van der Waals surface area contributed by atoms with Gasteiger partial charge in [0.05, 0.1) is 11.5 Å². The van der Waals surface area contributed by atoms with Gasteiger partial charge in [-0.05, 0) is 37.6 Å². The summed E-state index contributed by atoms with van der Waals surface area (Å²) in [6.45, 7) is 1.92. The number of rotatable bonds is 2. The van der Waals surface area contributed by atoms with E-state index in [0.717, 1.165) is 24.3 Å². The van der Waals surface area contributed by atoms with E-state index in [1.807, 2.05) is 0 Å². The monoisotopic (exact) mass is 301 g/mol. The van der Waals surface area contributed by atoms with Crippen molar-refractivity contribution in [3.05, 3.63) is 35.4 Å². The number of benzene rings is 1. The molecule has 4 nitrogen and oxygen atoms in total. The molecule has 1 fully saturated rings. The predicted octanol–water partition coefficient (Wildman–Crippen LogP) is 2.64. The van der Waals surface area contributed by atoms with Crippen molar-refractivity contribution in [2.45, 2.75) is 25.6 Å². The first kappa shape index (κ1) is 15.3. The third-order valence-electron chi connectivity index (χ3n) is 3.79. The second-order valence-corrected chi connectivity index (χ2v) is 5.05. The van der Waals surface area contributed by atoms with E-state index in [2.05, 4.69) is 0 Å². The minimum Gasteiger partial charge on any atom is -0.481 e. The maximum atomic E-state index is 12.5. The number of nitrogens with zero attached hydrogens (tertiary/aromatic N) is 1. The third-order valence-corrected chi connectivity index (χ3v) is 3.79. The molecule has 1 saturated heterocycles. The number of amides is 1. The molecule has 0 radical (unpaired) electrons. The average Bonchev–Trinajstić information content (AvgIpc) is 2.79. The van der Waals surface area contributed by atoms with Gasteiger partial charge in [-0.3, -0.25) is 9.59 Å². The SMILES string of the molecule is CC1C(C(=O)O)CCN1C(=O)c1ccc(C(F)(F)F)cc1. The Balaban J connectivity index is 2.16. The van der Waals surface area contributed by atoms with E-state index in [1.54, 1.807) is 6.92 Å². The predicted molar refractivity (Wildman–Crippen MR) is 67.7 cm³/mol. The molecule has 1 amide bonds. The highest BCUT2D eigenvalue weighted by Crippen LogP contribution is 2.30. The van der Waals surface area contributed by atoms with Gasteiger partial charge in [-0.1, -0.05) is 0 Å². The molecule has 1 aromatic carbocycles. The van der Waals surface area contributed by atoms with Crippen molar-refractivity contribution in [3.63, 3.8) is 0 Å². The van der Waals surface area contributed by atoms with Gasteiger partial charge in [0.1, 0.15) is 0 Å². The molecule has 2 unspecified atom stereocenters. The van der Waals surface area contributed by atoms with Crippen LogP contribution in [0.4, 0.5) is 13.2 Å². The molecule has 0 aromatic heterocycles. The van der Waals surface area contributed by atoms with Crippen molar-refractivity contribution in [1.29, 1.82) is 0 Å². The Morgan fingerprint density at radius 2 is 1.81 bits per heavy atom. The Bertz CT molecular complexity index is 554. The largest absolute Gasteiger partial charge is 0.481 e. The highest BCUT2D eigenvalue weighted by atomic mass is 19.4. The normalized spacial score (nSPS) is 22.4. The number of aliphatic carboxylic acids is 1. The lowest BCUT2D eigenvalue weighted by molar-refractivity contribution is -0.142. The molecule has 0 bridgehead atoms. The summed E-state index contributed by atoms with van der Waals surface area (Å²) in [7, 11) is 0. The van der Waals surface area contributed by atoms with Crippen LogP contribution < -0.4 is 0 Å². The fraction of sp³-hybridized carbons (Fsp3) is 0.429. The molecule has 1 heterocycles. The van der Waals surface area contributed by atoms with Gasteiger partial charge in [0.2, 0.25) is 0 Å². The molecule has 0 spiro atoms. The fourth-order valence-corrected chi connectivity index (χ4v) is 2.52. The third kappa shape index (κ3) is 3.01. The minimum atomic E-state index is -4.45. The van der Waals surface area contributed by atoms with Crippen LogP contribution in [0.25, 0.3) is 0 Å². The van der Waals surface area contributed by atoms with Crippen LogP contribution >= 0.6 is 0 Å². The molecule has 1 aromatic rings. The van der Waals surface area contributed by atoms with Gasteiger partial charge in [0.25, 0.3) is 5.91 Å². The van der Waals surface area contributed by atoms with Gasteiger partial charge in [0, 0.05) is 18.2 Å². The van der Waals surface area contributed by atoms with Gasteiger partial charge in [-0.25, -0.2) is 0 Å². The zero-order valence-electron chi connectivity index (χ0n) is 11.2.